The number of nitrogen functional groups attached to an aromatic ring is 1. The van der Waals surface area contributed by atoms with Crippen LogP contribution in [0.25, 0.3) is 0 Å². The van der Waals surface area contributed by atoms with Crippen molar-refractivity contribution in [1.82, 2.24) is 14.5 Å². The molecule has 114 valence electrons. The minimum Gasteiger partial charge on any atom is -0.396 e. The van der Waals surface area contributed by atoms with Crippen molar-refractivity contribution in [2.45, 2.75) is 18.2 Å². The van der Waals surface area contributed by atoms with E-state index >= 15 is 0 Å². The quantitative estimate of drug-likeness (QED) is 0.805. The molecule has 0 bridgehead atoms. The van der Waals surface area contributed by atoms with E-state index in [9.17, 15) is 12.8 Å². The number of sulfonamides is 1. The third-order valence-electron chi connectivity index (χ3n) is 3.18. The molecule has 0 amide bonds. The van der Waals surface area contributed by atoms with E-state index in [1.165, 1.54) is 6.92 Å². The summed E-state index contributed by atoms with van der Waals surface area (Å²) in [5.74, 6) is -0.624. The highest BCUT2D eigenvalue weighted by Crippen LogP contribution is 2.21. The van der Waals surface area contributed by atoms with Crippen molar-refractivity contribution in [3.8, 4) is 0 Å². The number of aromatic nitrogens is 2. The van der Waals surface area contributed by atoms with Gasteiger partial charge in [-0.05, 0) is 30.7 Å². The fraction of sp³-hybridized carbons (Fsp3) is 0.308. The molecule has 0 atom stereocenters. The summed E-state index contributed by atoms with van der Waals surface area (Å²) in [5, 5.41) is 4.01. The predicted molar refractivity (Wildman–Crippen MR) is 77.6 cm³/mol. The number of hydrogen-bond donors (Lipinski definition) is 2. The SMILES string of the molecule is Cc1cc(F)c(N)cc1S(=O)(=O)NCCc1ccnn1C. The fourth-order valence-corrected chi connectivity index (χ4v) is 3.29. The van der Waals surface area contributed by atoms with E-state index in [0.29, 0.717) is 12.0 Å². The summed E-state index contributed by atoms with van der Waals surface area (Å²) in [7, 11) is -1.94. The molecule has 1 heterocycles. The first-order valence-corrected chi connectivity index (χ1v) is 7.82. The van der Waals surface area contributed by atoms with Crippen LogP contribution >= 0.6 is 0 Å². The number of aryl methyl sites for hydroxylation is 2. The molecule has 1 aromatic heterocycles. The average Bonchev–Trinajstić information content (AvgIpc) is 2.79. The van der Waals surface area contributed by atoms with Gasteiger partial charge in [0, 0.05) is 31.9 Å². The van der Waals surface area contributed by atoms with E-state index in [-0.39, 0.29) is 17.1 Å². The second-order valence-corrected chi connectivity index (χ2v) is 6.47. The standard InChI is InChI=1S/C13H17FN4O2S/c1-9-7-11(14)12(15)8-13(9)21(19,20)17-6-4-10-3-5-16-18(10)2/h3,5,7-8,17H,4,6,15H2,1-2H3. The van der Waals surface area contributed by atoms with Crippen LogP contribution in [-0.2, 0) is 23.5 Å². The molecular formula is C13H17FN4O2S. The molecule has 0 saturated carbocycles. The van der Waals surface area contributed by atoms with E-state index in [1.807, 2.05) is 6.07 Å². The van der Waals surface area contributed by atoms with Crippen LogP contribution in [-0.4, -0.2) is 24.7 Å². The summed E-state index contributed by atoms with van der Waals surface area (Å²) < 4.78 is 41.9. The van der Waals surface area contributed by atoms with Gasteiger partial charge in [-0.15, -0.1) is 0 Å². The Morgan fingerprint density at radius 2 is 2.14 bits per heavy atom. The largest absolute Gasteiger partial charge is 0.396 e. The molecule has 0 spiro atoms. The van der Waals surface area contributed by atoms with Crippen molar-refractivity contribution in [3.05, 3.63) is 41.5 Å². The fourth-order valence-electron chi connectivity index (χ4n) is 2.00. The van der Waals surface area contributed by atoms with Crippen LogP contribution in [0.15, 0.2) is 29.3 Å². The highest BCUT2D eigenvalue weighted by atomic mass is 32.2. The number of nitrogens with two attached hydrogens (primary N) is 1. The van der Waals surface area contributed by atoms with Gasteiger partial charge in [0.15, 0.2) is 0 Å². The molecule has 0 aliphatic carbocycles. The lowest BCUT2D eigenvalue weighted by molar-refractivity contribution is 0.578. The lowest BCUT2D eigenvalue weighted by atomic mass is 10.2. The lowest BCUT2D eigenvalue weighted by Gasteiger charge is -2.10. The Kier molecular flexibility index (Phi) is 4.29. The number of hydrogen-bond acceptors (Lipinski definition) is 4. The minimum absolute atomic E-state index is 0.00796. The van der Waals surface area contributed by atoms with Crippen LogP contribution < -0.4 is 10.5 Å². The molecule has 2 rings (SSSR count). The first-order chi connectivity index (χ1) is 9.81. The summed E-state index contributed by atoms with van der Waals surface area (Å²) in [6.45, 7) is 1.75. The zero-order chi connectivity index (χ0) is 15.6. The Balaban J connectivity index is 2.12. The van der Waals surface area contributed by atoms with Crippen LogP contribution in [0.2, 0.25) is 0 Å². The third-order valence-corrected chi connectivity index (χ3v) is 4.78. The Bertz CT molecular complexity index is 756. The maximum absolute atomic E-state index is 13.3. The highest BCUT2D eigenvalue weighted by Gasteiger charge is 2.18. The highest BCUT2D eigenvalue weighted by molar-refractivity contribution is 7.89. The summed E-state index contributed by atoms with van der Waals surface area (Å²) in [4.78, 5) is -0.00796. The van der Waals surface area contributed by atoms with E-state index in [2.05, 4.69) is 9.82 Å². The average molecular weight is 312 g/mol. The predicted octanol–water partition coefficient (Wildman–Crippen LogP) is 0.971. The van der Waals surface area contributed by atoms with E-state index in [4.69, 9.17) is 5.73 Å². The van der Waals surface area contributed by atoms with Gasteiger partial charge in [0.1, 0.15) is 5.82 Å². The molecule has 0 radical (unpaired) electrons. The number of benzene rings is 1. The van der Waals surface area contributed by atoms with Crippen LogP contribution in [0.1, 0.15) is 11.3 Å². The molecule has 21 heavy (non-hydrogen) atoms. The smallest absolute Gasteiger partial charge is 0.240 e. The van der Waals surface area contributed by atoms with E-state index < -0.39 is 15.8 Å². The Morgan fingerprint density at radius 3 is 2.76 bits per heavy atom. The molecule has 2 aromatic rings. The van der Waals surface area contributed by atoms with Gasteiger partial charge in [-0.3, -0.25) is 4.68 Å². The van der Waals surface area contributed by atoms with Gasteiger partial charge in [-0.2, -0.15) is 5.10 Å². The zero-order valence-corrected chi connectivity index (χ0v) is 12.6. The molecule has 6 nitrogen and oxygen atoms in total. The maximum atomic E-state index is 13.3. The molecule has 0 aliphatic rings. The summed E-state index contributed by atoms with van der Waals surface area (Å²) in [6, 6.07) is 4.07. The number of nitrogens with one attached hydrogen (secondary N) is 1. The van der Waals surface area contributed by atoms with Crippen molar-refractivity contribution in [3.63, 3.8) is 0 Å². The summed E-state index contributed by atoms with van der Waals surface area (Å²) in [6.07, 6.45) is 2.15. The molecule has 0 unspecified atom stereocenters. The van der Waals surface area contributed by atoms with Crippen molar-refractivity contribution in [2.24, 2.45) is 7.05 Å². The molecule has 0 fully saturated rings. The molecule has 8 heteroatoms. The first-order valence-electron chi connectivity index (χ1n) is 6.33. The van der Waals surface area contributed by atoms with Gasteiger partial charge in [0.2, 0.25) is 10.0 Å². The second kappa shape index (κ2) is 5.82. The normalized spacial score (nSPS) is 11.8. The van der Waals surface area contributed by atoms with Crippen LogP contribution in [0.3, 0.4) is 0 Å². The monoisotopic (exact) mass is 312 g/mol. The van der Waals surface area contributed by atoms with Gasteiger partial charge in [-0.1, -0.05) is 0 Å². The van der Waals surface area contributed by atoms with Crippen LogP contribution in [0.4, 0.5) is 10.1 Å². The lowest BCUT2D eigenvalue weighted by Crippen LogP contribution is -2.27. The third kappa shape index (κ3) is 3.40. The van der Waals surface area contributed by atoms with Crippen molar-refractivity contribution in [1.29, 1.82) is 0 Å². The molecule has 3 N–H and O–H groups in total. The molecule has 0 saturated heterocycles. The van der Waals surface area contributed by atoms with Crippen molar-refractivity contribution < 1.29 is 12.8 Å². The van der Waals surface area contributed by atoms with Crippen LogP contribution in [0, 0.1) is 12.7 Å². The van der Waals surface area contributed by atoms with Crippen LogP contribution in [0.5, 0.6) is 0 Å². The number of anilines is 1. The summed E-state index contributed by atoms with van der Waals surface area (Å²) >= 11 is 0. The number of nitrogens with zero attached hydrogens (tertiary/aromatic N) is 2. The minimum atomic E-state index is -3.72. The van der Waals surface area contributed by atoms with Crippen molar-refractivity contribution in [2.75, 3.05) is 12.3 Å². The van der Waals surface area contributed by atoms with Gasteiger partial charge in [-0.25, -0.2) is 17.5 Å². The Morgan fingerprint density at radius 1 is 1.43 bits per heavy atom. The van der Waals surface area contributed by atoms with Gasteiger partial charge in [0.05, 0.1) is 10.6 Å². The van der Waals surface area contributed by atoms with E-state index in [1.54, 1.807) is 17.9 Å². The van der Waals surface area contributed by atoms with Gasteiger partial charge in [0.25, 0.3) is 0 Å². The molecular weight excluding hydrogens is 295 g/mol. The number of rotatable bonds is 5. The van der Waals surface area contributed by atoms with Crippen molar-refractivity contribution >= 4 is 15.7 Å². The van der Waals surface area contributed by atoms with Gasteiger partial charge < -0.3 is 5.73 Å². The van der Waals surface area contributed by atoms with Gasteiger partial charge >= 0.3 is 0 Å². The topological polar surface area (TPSA) is 90.0 Å². The maximum Gasteiger partial charge on any atom is 0.240 e. The molecule has 1 aromatic carbocycles. The Hall–Kier alpha value is -1.93. The molecule has 0 aliphatic heterocycles. The Labute approximate surface area is 122 Å². The zero-order valence-electron chi connectivity index (χ0n) is 11.8. The summed E-state index contributed by atoms with van der Waals surface area (Å²) in [5.41, 5.74) is 6.47. The number of halogens is 1. The first kappa shape index (κ1) is 15.5. The van der Waals surface area contributed by atoms with E-state index in [0.717, 1.165) is 17.8 Å². The second-order valence-electron chi connectivity index (χ2n) is 4.73.